The Hall–Kier alpha value is -2.11. The summed E-state index contributed by atoms with van der Waals surface area (Å²) in [5.41, 5.74) is 5.80. The normalized spacial score (nSPS) is 11.9. The van der Waals surface area contributed by atoms with E-state index in [0.29, 0.717) is 5.69 Å². The van der Waals surface area contributed by atoms with Crippen LogP contribution in [0.4, 0.5) is 4.79 Å². The topological polar surface area (TPSA) is 94.3 Å². The van der Waals surface area contributed by atoms with Crippen molar-refractivity contribution in [2.75, 3.05) is 0 Å². The van der Waals surface area contributed by atoms with Crippen LogP contribution in [0.15, 0.2) is 24.4 Å². The van der Waals surface area contributed by atoms with E-state index in [1.807, 2.05) is 0 Å². The minimum Gasteiger partial charge on any atom is -0.443 e. The molecule has 1 aromatic heterocycles. The van der Waals surface area contributed by atoms with Crippen LogP contribution >= 0.6 is 0 Å². The first-order chi connectivity index (χ1) is 8.50. The predicted molar refractivity (Wildman–Crippen MR) is 65.4 cm³/mol. The number of nitrogens with one attached hydrogen (secondary N) is 1. The molecule has 98 valence electrons. The van der Waals surface area contributed by atoms with E-state index in [9.17, 15) is 9.59 Å². The summed E-state index contributed by atoms with van der Waals surface area (Å²) in [5.74, 6) is -0.676. The highest BCUT2D eigenvalue weighted by Crippen LogP contribution is 2.02. The molecule has 0 aromatic carbocycles. The van der Waals surface area contributed by atoms with Gasteiger partial charge in [0.25, 0.3) is 0 Å². The van der Waals surface area contributed by atoms with Crippen molar-refractivity contribution in [2.24, 2.45) is 11.7 Å². The third kappa shape index (κ3) is 4.40. The van der Waals surface area contributed by atoms with Gasteiger partial charge in [0.2, 0.25) is 5.91 Å². The number of carbonyl (C=O) groups excluding carboxylic acids is 2. The lowest BCUT2D eigenvalue weighted by Crippen LogP contribution is -2.47. The van der Waals surface area contributed by atoms with Gasteiger partial charge < -0.3 is 15.8 Å². The average molecular weight is 251 g/mol. The van der Waals surface area contributed by atoms with Gasteiger partial charge in [-0.1, -0.05) is 19.9 Å². The number of ether oxygens (including phenoxy) is 1. The number of aromatic nitrogens is 1. The van der Waals surface area contributed by atoms with Gasteiger partial charge in [-0.15, -0.1) is 0 Å². The molecule has 18 heavy (non-hydrogen) atoms. The number of hydrogen-bond acceptors (Lipinski definition) is 4. The summed E-state index contributed by atoms with van der Waals surface area (Å²) in [5, 5.41) is 2.42. The SMILES string of the molecule is CC(C)C(NC(=O)OCc1ccccn1)C(N)=O. The van der Waals surface area contributed by atoms with E-state index in [-0.39, 0.29) is 12.5 Å². The molecule has 1 rings (SSSR count). The lowest BCUT2D eigenvalue weighted by Gasteiger charge is -2.18. The monoisotopic (exact) mass is 251 g/mol. The van der Waals surface area contributed by atoms with Crippen molar-refractivity contribution in [3.8, 4) is 0 Å². The zero-order valence-corrected chi connectivity index (χ0v) is 10.4. The Morgan fingerprint density at radius 3 is 2.67 bits per heavy atom. The lowest BCUT2D eigenvalue weighted by molar-refractivity contribution is -0.120. The minimum absolute atomic E-state index is 0.0518. The maximum absolute atomic E-state index is 11.5. The third-order valence-electron chi connectivity index (χ3n) is 2.32. The quantitative estimate of drug-likeness (QED) is 0.810. The Labute approximate surface area is 106 Å². The molecule has 2 amide bonds. The highest BCUT2D eigenvalue weighted by atomic mass is 16.5. The molecule has 6 nitrogen and oxygen atoms in total. The van der Waals surface area contributed by atoms with Crippen LogP contribution in [-0.2, 0) is 16.1 Å². The molecule has 0 spiro atoms. The minimum atomic E-state index is -0.735. The van der Waals surface area contributed by atoms with Gasteiger partial charge in [-0.3, -0.25) is 9.78 Å². The number of pyridine rings is 1. The van der Waals surface area contributed by atoms with E-state index in [1.54, 1.807) is 38.2 Å². The second-order valence-corrected chi connectivity index (χ2v) is 4.17. The molecule has 1 aromatic rings. The second kappa shape index (κ2) is 6.58. The van der Waals surface area contributed by atoms with E-state index < -0.39 is 18.0 Å². The maximum atomic E-state index is 11.5. The van der Waals surface area contributed by atoms with Crippen LogP contribution in [-0.4, -0.2) is 23.0 Å². The second-order valence-electron chi connectivity index (χ2n) is 4.17. The summed E-state index contributed by atoms with van der Waals surface area (Å²) in [6.45, 7) is 3.62. The zero-order valence-electron chi connectivity index (χ0n) is 10.4. The van der Waals surface area contributed by atoms with Gasteiger partial charge in [0.1, 0.15) is 12.6 Å². The summed E-state index contributed by atoms with van der Waals surface area (Å²) < 4.78 is 4.94. The number of rotatable bonds is 5. The molecule has 1 heterocycles. The smallest absolute Gasteiger partial charge is 0.408 e. The standard InChI is InChI=1S/C12H17N3O3/c1-8(2)10(11(13)16)15-12(17)18-7-9-5-3-4-6-14-9/h3-6,8,10H,7H2,1-2H3,(H2,13,16)(H,15,17). The Bertz CT molecular complexity index is 406. The Morgan fingerprint density at radius 1 is 1.44 bits per heavy atom. The zero-order chi connectivity index (χ0) is 13.5. The number of hydrogen-bond donors (Lipinski definition) is 2. The van der Waals surface area contributed by atoms with Crippen LogP contribution in [0.3, 0.4) is 0 Å². The van der Waals surface area contributed by atoms with E-state index >= 15 is 0 Å². The molecular weight excluding hydrogens is 234 g/mol. The third-order valence-corrected chi connectivity index (χ3v) is 2.32. The summed E-state index contributed by atoms with van der Waals surface area (Å²) in [4.78, 5) is 26.6. The predicted octanol–water partition coefficient (Wildman–Crippen LogP) is 0.818. The van der Waals surface area contributed by atoms with Crippen molar-refractivity contribution < 1.29 is 14.3 Å². The van der Waals surface area contributed by atoms with Crippen LogP contribution in [0.1, 0.15) is 19.5 Å². The molecule has 3 N–H and O–H groups in total. The highest BCUT2D eigenvalue weighted by molar-refractivity contribution is 5.84. The van der Waals surface area contributed by atoms with Gasteiger partial charge in [-0.2, -0.15) is 0 Å². The van der Waals surface area contributed by atoms with E-state index in [0.717, 1.165) is 0 Å². The summed E-state index contributed by atoms with van der Waals surface area (Å²) >= 11 is 0. The summed E-state index contributed by atoms with van der Waals surface area (Å²) in [7, 11) is 0. The summed E-state index contributed by atoms with van der Waals surface area (Å²) in [6, 6.07) is 4.57. The Morgan fingerprint density at radius 2 is 2.17 bits per heavy atom. The number of amides is 2. The summed E-state index contributed by atoms with van der Waals surface area (Å²) in [6.07, 6.45) is 0.926. The Kier molecular flexibility index (Phi) is 5.10. The first-order valence-electron chi connectivity index (χ1n) is 5.63. The number of alkyl carbamates (subject to hydrolysis) is 1. The van der Waals surface area contributed by atoms with Gasteiger partial charge in [-0.25, -0.2) is 4.79 Å². The molecule has 0 saturated carbocycles. The van der Waals surface area contributed by atoms with Crippen LogP contribution in [0.25, 0.3) is 0 Å². The molecule has 0 bridgehead atoms. The molecule has 0 radical (unpaired) electrons. The van der Waals surface area contributed by atoms with Crippen molar-refractivity contribution in [2.45, 2.75) is 26.5 Å². The van der Waals surface area contributed by atoms with Gasteiger partial charge in [0.15, 0.2) is 0 Å². The Balaban J connectivity index is 2.44. The van der Waals surface area contributed by atoms with Gasteiger partial charge >= 0.3 is 6.09 Å². The van der Waals surface area contributed by atoms with Crippen molar-refractivity contribution >= 4 is 12.0 Å². The molecule has 0 fully saturated rings. The van der Waals surface area contributed by atoms with Crippen LogP contribution < -0.4 is 11.1 Å². The van der Waals surface area contributed by atoms with E-state index in [2.05, 4.69) is 10.3 Å². The van der Waals surface area contributed by atoms with Crippen LogP contribution in [0, 0.1) is 5.92 Å². The molecular formula is C12H17N3O3. The van der Waals surface area contributed by atoms with Gasteiger partial charge in [0, 0.05) is 6.20 Å². The van der Waals surface area contributed by atoms with Crippen LogP contribution in [0.2, 0.25) is 0 Å². The highest BCUT2D eigenvalue weighted by Gasteiger charge is 2.22. The van der Waals surface area contributed by atoms with Crippen molar-refractivity contribution in [1.82, 2.24) is 10.3 Å². The first kappa shape index (κ1) is 14.0. The molecule has 0 aliphatic heterocycles. The molecule has 0 saturated heterocycles. The molecule has 6 heteroatoms. The van der Waals surface area contributed by atoms with Crippen molar-refractivity contribution in [3.05, 3.63) is 30.1 Å². The molecule has 1 atom stereocenters. The fourth-order valence-corrected chi connectivity index (χ4v) is 1.36. The van der Waals surface area contributed by atoms with E-state index in [4.69, 9.17) is 10.5 Å². The van der Waals surface area contributed by atoms with Crippen molar-refractivity contribution in [1.29, 1.82) is 0 Å². The molecule has 0 aliphatic rings. The largest absolute Gasteiger partial charge is 0.443 e. The lowest BCUT2D eigenvalue weighted by atomic mass is 10.0. The maximum Gasteiger partial charge on any atom is 0.408 e. The van der Waals surface area contributed by atoms with Crippen molar-refractivity contribution in [3.63, 3.8) is 0 Å². The first-order valence-corrected chi connectivity index (χ1v) is 5.63. The fourth-order valence-electron chi connectivity index (χ4n) is 1.36. The average Bonchev–Trinajstić information content (AvgIpc) is 2.34. The number of carbonyl (C=O) groups is 2. The molecule has 1 unspecified atom stereocenters. The van der Waals surface area contributed by atoms with Crippen LogP contribution in [0.5, 0.6) is 0 Å². The van der Waals surface area contributed by atoms with E-state index in [1.165, 1.54) is 0 Å². The number of nitrogens with two attached hydrogens (primary N) is 1. The number of primary amides is 1. The molecule has 0 aliphatic carbocycles. The number of nitrogens with zero attached hydrogens (tertiary/aromatic N) is 1. The van der Waals surface area contributed by atoms with Gasteiger partial charge in [-0.05, 0) is 18.1 Å². The van der Waals surface area contributed by atoms with Gasteiger partial charge in [0.05, 0.1) is 5.69 Å². The fraction of sp³-hybridized carbons (Fsp3) is 0.417.